The van der Waals surface area contributed by atoms with Crippen molar-refractivity contribution in [3.05, 3.63) is 29.8 Å². The Morgan fingerprint density at radius 1 is 1.12 bits per heavy atom. The summed E-state index contributed by atoms with van der Waals surface area (Å²) < 4.78 is 10.4. The summed E-state index contributed by atoms with van der Waals surface area (Å²) in [6.07, 6.45) is 1.01. The summed E-state index contributed by atoms with van der Waals surface area (Å²) in [7, 11) is 1.68. The topological polar surface area (TPSA) is 30.5 Å². The summed E-state index contributed by atoms with van der Waals surface area (Å²) in [6.45, 7) is 3.17. The molecule has 0 spiro atoms. The fraction of sp³-hybridized carbons (Fsp3) is 0.538. The van der Waals surface area contributed by atoms with Crippen molar-refractivity contribution in [3.8, 4) is 5.75 Å². The molecule has 0 saturated carbocycles. The highest BCUT2D eigenvalue weighted by Gasteiger charge is 1.94. The van der Waals surface area contributed by atoms with Crippen molar-refractivity contribution in [2.45, 2.75) is 6.42 Å². The maximum absolute atomic E-state index is 5.49. The third-order valence-corrected chi connectivity index (χ3v) is 2.55. The number of rotatable bonds is 9. The lowest BCUT2D eigenvalue weighted by Crippen LogP contribution is -2.22. The van der Waals surface area contributed by atoms with Crippen LogP contribution in [-0.2, 0) is 11.2 Å². The van der Waals surface area contributed by atoms with E-state index >= 15 is 0 Å². The Balaban J connectivity index is 2.05. The fourth-order valence-corrected chi connectivity index (χ4v) is 1.56. The van der Waals surface area contributed by atoms with Crippen LogP contribution in [0.15, 0.2) is 24.3 Å². The smallest absolute Gasteiger partial charge is 0.118 e. The lowest BCUT2D eigenvalue weighted by atomic mass is 10.1. The third kappa shape index (κ3) is 6.51. The van der Waals surface area contributed by atoms with Crippen LogP contribution in [0, 0.1) is 0 Å². The molecule has 4 heteroatoms. The molecule has 1 aromatic rings. The van der Waals surface area contributed by atoms with Gasteiger partial charge in [0.1, 0.15) is 5.75 Å². The van der Waals surface area contributed by atoms with Crippen LogP contribution in [0.1, 0.15) is 5.56 Å². The predicted molar refractivity (Wildman–Crippen MR) is 71.1 cm³/mol. The first kappa shape index (κ1) is 14.3. The molecule has 1 rings (SSSR count). The van der Waals surface area contributed by atoms with Gasteiger partial charge in [0.2, 0.25) is 0 Å². The van der Waals surface area contributed by atoms with Crippen LogP contribution in [0.2, 0.25) is 0 Å². The number of hydrogen-bond acceptors (Lipinski definition) is 3. The Labute approximate surface area is 108 Å². The summed E-state index contributed by atoms with van der Waals surface area (Å²) in [5.74, 6) is 1.46. The van der Waals surface area contributed by atoms with Gasteiger partial charge in [-0.2, -0.15) is 0 Å². The van der Waals surface area contributed by atoms with Crippen molar-refractivity contribution in [1.82, 2.24) is 5.32 Å². The van der Waals surface area contributed by atoms with Crippen LogP contribution in [0.5, 0.6) is 5.75 Å². The van der Waals surface area contributed by atoms with Gasteiger partial charge in [-0.05, 0) is 30.7 Å². The van der Waals surface area contributed by atoms with Crippen molar-refractivity contribution < 1.29 is 9.47 Å². The van der Waals surface area contributed by atoms with E-state index < -0.39 is 0 Å². The van der Waals surface area contributed by atoms with Crippen molar-refractivity contribution in [3.63, 3.8) is 0 Å². The SMILES string of the molecule is COc1ccc(CCNCCOCCCl)cc1. The van der Waals surface area contributed by atoms with Gasteiger partial charge in [0.25, 0.3) is 0 Å². The Hall–Kier alpha value is -0.770. The normalized spacial score (nSPS) is 10.5. The molecule has 1 N–H and O–H groups in total. The Morgan fingerprint density at radius 3 is 2.53 bits per heavy atom. The second-order valence-corrected chi connectivity index (χ2v) is 4.03. The molecule has 0 unspecified atom stereocenters. The minimum absolute atomic E-state index is 0.561. The lowest BCUT2D eigenvalue weighted by molar-refractivity contribution is 0.151. The standard InChI is InChI=1S/C13H20ClNO2/c1-16-13-4-2-12(3-5-13)6-8-15-9-11-17-10-7-14/h2-5,15H,6-11H2,1H3. The molecule has 17 heavy (non-hydrogen) atoms. The number of ether oxygens (including phenoxy) is 2. The van der Waals surface area contributed by atoms with Crippen LogP contribution in [0.3, 0.4) is 0 Å². The van der Waals surface area contributed by atoms with Crippen molar-refractivity contribution in [1.29, 1.82) is 0 Å². The molecule has 3 nitrogen and oxygen atoms in total. The molecule has 0 radical (unpaired) electrons. The molecule has 96 valence electrons. The Morgan fingerprint density at radius 2 is 1.88 bits per heavy atom. The molecular weight excluding hydrogens is 238 g/mol. The van der Waals surface area contributed by atoms with E-state index in [9.17, 15) is 0 Å². The summed E-state index contributed by atoms with van der Waals surface area (Å²) in [4.78, 5) is 0. The van der Waals surface area contributed by atoms with E-state index in [-0.39, 0.29) is 0 Å². The fourth-order valence-electron chi connectivity index (χ4n) is 1.45. The van der Waals surface area contributed by atoms with Crippen LogP contribution in [-0.4, -0.2) is 39.3 Å². The molecule has 0 aliphatic carbocycles. The molecule has 0 aromatic heterocycles. The zero-order valence-corrected chi connectivity index (χ0v) is 11.0. The molecule has 0 amide bonds. The zero-order valence-electron chi connectivity index (χ0n) is 10.2. The number of nitrogens with one attached hydrogen (secondary N) is 1. The first-order valence-corrected chi connectivity index (χ1v) is 6.37. The maximum atomic E-state index is 5.49. The lowest BCUT2D eigenvalue weighted by Gasteiger charge is -2.06. The number of hydrogen-bond donors (Lipinski definition) is 1. The average molecular weight is 258 g/mol. The second kappa shape index (κ2) is 9.28. The highest BCUT2D eigenvalue weighted by Crippen LogP contribution is 2.11. The second-order valence-electron chi connectivity index (χ2n) is 3.65. The van der Waals surface area contributed by atoms with Gasteiger partial charge in [-0.15, -0.1) is 11.6 Å². The van der Waals surface area contributed by atoms with E-state index in [0.29, 0.717) is 12.5 Å². The minimum Gasteiger partial charge on any atom is -0.497 e. The van der Waals surface area contributed by atoms with Gasteiger partial charge >= 0.3 is 0 Å². The molecule has 0 fully saturated rings. The van der Waals surface area contributed by atoms with E-state index in [4.69, 9.17) is 21.1 Å². The van der Waals surface area contributed by atoms with E-state index in [2.05, 4.69) is 17.4 Å². The van der Waals surface area contributed by atoms with Crippen molar-refractivity contribution in [2.24, 2.45) is 0 Å². The number of halogens is 1. The van der Waals surface area contributed by atoms with E-state index in [1.54, 1.807) is 7.11 Å². The first-order valence-electron chi connectivity index (χ1n) is 5.84. The van der Waals surface area contributed by atoms with Gasteiger partial charge in [-0.3, -0.25) is 0 Å². The highest BCUT2D eigenvalue weighted by molar-refractivity contribution is 6.17. The van der Waals surface area contributed by atoms with Gasteiger partial charge in [-0.1, -0.05) is 12.1 Å². The number of alkyl halides is 1. The average Bonchev–Trinajstić information content (AvgIpc) is 2.38. The summed E-state index contributed by atoms with van der Waals surface area (Å²) >= 11 is 5.49. The van der Waals surface area contributed by atoms with Gasteiger partial charge in [0.15, 0.2) is 0 Å². The number of methoxy groups -OCH3 is 1. The third-order valence-electron chi connectivity index (χ3n) is 2.39. The Kier molecular flexibility index (Phi) is 7.80. The highest BCUT2D eigenvalue weighted by atomic mass is 35.5. The van der Waals surface area contributed by atoms with E-state index in [1.165, 1.54) is 5.56 Å². The number of benzene rings is 1. The Bertz CT molecular complexity index is 290. The molecule has 0 atom stereocenters. The minimum atomic E-state index is 0.561. The van der Waals surface area contributed by atoms with Crippen LogP contribution in [0.4, 0.5) is 0 Å². The monoisotopic (exact) mass is 257 g/mol. The van der Waals surface area contributed by atoms with Gasteiger partial charge in [0.05, 0.1) is 20.3 Å². The first-order chi connectivity index (χ1) is 8.36. The van der Waals surface area contributed by atoms with Crippen molar-refractivity contribution >= 4 is 11.6 Å². The largest absolute Gasteiger partial charge is 0.497 e. The summed E-state index contributed by atoms with van der Waals surface area (Å²) in [6, 6.07) is 8.15. The zero-order chi connectivity index (χ0) is 12.3. The van der Waals surface area contributed by atoms with Gasteiger partial charge in [0, 0.05) is 12.4 Å². The molecule has 0 aliphatic rings. The van der Waals surface area contributed by atoms with E-state index in [1.807, 2.05) is 12.1 Å². The molecule has 0 bridgehead atoms. The van der Waals surface area contributed by atoms with E-state index in [0.717, 1.165) is 31.9 Å². The van der Waals surface area contributed by atoms with Crippen LogP contribution >= 0.6 is 11.6 Å². The van der Waals surface area contributed by atoms with Crippen LogP contribution in [0.25, 0.3) is 0 Å². The molecule has 0 aliphatic heterocycles. The summed E-state index contributed by atoms with van der Waals surface area (Å²) in [5.41, 5.74) is 1.31. The van der Waals surface area contributed by atoms with Gasteiger partial charge < -0.3 is 14.8 Å². The predicted octanol–water partition coefficient (Wildman–Crippen LogP) is 2.08. The molecular formula is C13H20ClNO2. The maximum Gasteiger partial charge on any atom is 0.118 e. The van der Waals surface area contributed by atoms with Crippen molar-refractivity contribution in [2.75, 3.05) is 39.3 Å². The molecule has 1 aromatic carbocycles. The summed E-state index contributed by atoms with van der Waals surface area (Å²) in [5, 5.41) is 3.32. The molecule has 0 heterocycles. The quantitative estimate of drug-likeness (QED) is 0.543. The molecule has 0 saturated heterocycles. The van der Waals surface area contributed by atoms with Gasteiger partial charge in [-0.25, -0.2) is 0 Å². The van der Waals surface area contributed by atoms with Crippen LogP contribution < -0.4 is 10.1 Å².